The molecule has 3 rings (SSSR count). The van der Waals surface area contributed by atoms with E-state index in [-0.39, 0.29) is 28.5 Å². The van der Waals surface area contributed by atoms with Crippen LogP contribution in [0.1, 0.15) is 24.5 Å². The zero-order chi connectivity index (χ0) is 21.3. The van der Waals surface area contributed by atoms with Gasteiger partial charge in [-0.2, -0.15) is 0 Å². The molecule has 1 aromatic heterocycles. The standard InChI is InChI=1S/C21H22FN3O4S/c1-14(28-18-10-6-4-8-16(18)22)20-24-25-21(29-20)30-13-19(26)23-12-11-15-7-3-5-9-17(15)27-2/h3-10,14H,11-13H2,1-2H3,(H,23,26). The van der Waals surface area contributed by atoms with Gasteiger partial charge in [-0.05, 0) is 37.1 Å². The summed E-state index contributed by atoms with van der Waals surface area (Å²) in [6.45, 7) is 2.17. The van der Waals surface area contributed by atoms with E-state index < -0.39 is 11.9 Å². The number of rotatable bonds is 10. The van der Waals surface area contributed by atoms with Gasteiger partial charge in [-0.1, -0.05) is 42.1 Å². The van der Waals surface area contributed by atoms with Crippen molar-refractivity contribution in [2.75, 3.05) is 19.4 Å². The topological polar surface area (TPSA) is 86.5 Å². The van der Waals surface area contributed by atoms with Gasteiger partial charge in [0.15, 0.2) is 17.7 Å². The number of para-hydroxylation sites is 2. The second-order valence-corrected chi connectivity index (χ2v) is 7.22. The van der Waals surface area contributed by atoms with Crippen LogP contribution < -0.4 is 14.8 Å². The molecule has 0 bridgehead atoms. The predicted octanol–water partition coefficient (Wildman–Crippen LogP) is 3.81. The summed E-state index contributed by atoms with van der Waals surface area (Å²) >= 11 is 1.12. The normalized spacial score (nSPS) is 11.7. The molecule has 0 aliphatic carbocycles. The van der Waals surface area contributed by atoms with Crippen LogP contribution in [0.3, 0.4) is 0 Å². The molecule has 1 unspecified atom stereocenters. The first kappa shape index (κ1) is 21.6. The van der Waals surface area contributed by atoms with Crippen molar-refractivity contribution in [1.82, 2.24) is 15.5 Å². The molecule has 0 aliphatic heterocycles. The van der Waals surface area contributed by atoms with Gasteiger partial charge in [-0.3, -0.25) is 4.79 Å². The Balaban J connectivity index is 1.43. The van der Waals surface area contributed by atoms with Crippen molar-refractivity contribution >= 4 is 17.7 Å². The number of amides is 1. The van der Waals surface area contributed by atoms with Crippen LogP contribution in [0.5, 0.6) is 11.5 Å². The zero-order valence-corrected chi connectivity index (χ0v) is 17.4. The van der Waals surface area contributed by atoms with Crippen LogP contribution in [-0.2, 0) is 11.2 Å². The Morgan fingerprint density at radius 3 is 2.67 bits per heavy atom. The number of hydrogen-bond donors (Lipinski definition) is 1. The molecule has 0 fully saturated rings. The second kappa shape index (κ2) is 10.6. The molecule has 1 atom stereocenters. The average molecular weight is 431 g/mol. The minimum absolute atomic E-state index is 0.104. The fraction of sp³-hybridized carbons (Fsp3) is 0.286. The molecule has 7 nitrogen and oxygen atoms in total. The highest BCUT2D eigenvalue weighted by Crippen LogP contribution is 2.25. The molecule has 2 aromatic carbocycles. The lowest BCUT2D eigenvalue weighted by molar-refractivity contribution is -0.118. The predicted molar refractivity (Wildman–Crippen MR) is 110 cm³/mol. The molecule has 0 radical (unpaired) electrons. The number of nitrogens with zero attached hydrogens (tertiary/aromatic N) is 2. The van der Waals surface area contributed by atoms with E-state index in [4.69, 9.17) is 13.9 Å². The highest BCUT2D eigenvalue weighted by molar-refractivity contribution is 7.99. The molecule has 9 heteroatoms. The molecule has 158 valence electrons. The fourth-order valence-corrected chi connectivity index (χ4v) is 3.25. The van der Waals surface area contributed by atoms with Crippen LogP contribution in [-0.4, -0.2) is 35.5 Å². The van der Waals surface area contributed by atoms with Crippen molar-refractivity contribution in [1.29, 1.82) is 0 Å². The number of thioether (sulfide) groups is 1. The van der Waals surface area contributed by atoms with Crippen LogP contribution in [0.4, 0.5) is 4.39 Å². The smallest absolute Gasteiger partial charge is 0.277 e. The molecular weight excluding hydrogens is 409 g/mol. The molecule has 0 aliphatic rings. The Kier molecular flexibility index (Phi) is 7.67. The summed E-state index contributed by atoms with van der Waals surface area (Å²) in [5.74, 6) is 0.625. The number of aromatic nitrogens is 2. The number of carbonyl (C=O) groups excluding carboxylic acids is 1. The first-order valence-electron chi connectivity index (χ1n) is 9.32. The van der Waals surface area contributed by atoms with E-state index in [1.807, 2.05) is 24.3 Å². The van der Waals surface area contributed by atoms with Crippen LogP contribution in [0.15, 0.2) is 58.2 Å². The van der Waals surface area contributed by atoms with E-state index in [0.29, 0.717) is 13.0 Å². The lowest BCUT2D eigenvalue weighted by Crippen LogP contribution is -2.27. The summed E-state index contributed by atoms with van der Waals surface area (Å²) in [4.78, 5) is 12.1. The van der Waals surface area contributed by atoms with Gasteiger partial charge in [0.2, 0.25) is 5.91 Å². The van der Waals surface area contributed by atoms with Crippen molar-refractivity contribution in [2.24, 2.45) is 0 Å². The molecule has 3 aromatic rings. The maximum Gasteiger partial charge on any atom is 0.277 e. The number of ether oxygens (including phenoxy) is 2. The number of benzene rings is 2. The highest BCUT2D eigenvalue weighted by atomic mass is 32.2. The van der Waals surface area contributed by atoms with Gasteiger partial charge in [-0.15, -0.1) is 10.2 Å². The number of methoxy groups -OCH3 is 1. The summed E-state index contributed by atoms with van der Waals surface area (Å²) in [6, 6.07) is 13.8. The van der Waals surface area contributed by atoms with Crippen LogP contribution in [0.2, 0.25) is 0 Å². The van der Waals surface area contributed by atoms with E-state index in [9.17, 15) is 9.18 Å². The van der Waals surface area contributed by atoms with E-state index >= 15 is 0 Å². The van der Waals surface area contributed by atoms with Gasteiger partial charge < -0.3 is 19.2 Å². The Hall–Kier alpha value is -3.07. The second-order valence-electron chi connectivity index (χ2n) is 6.30. The summed E-state index contributed by atoms with van der Waals surface area (Å²) in [6.07, 6.45) is 0.0363. The van der Waals surface area contributed by atoms with E-state index in [0.717, 1.165) is 23.1 Å². The molecule has 1 N–H and O–H groups in total. The molecule has 1 heterocycles. The first-order chi connectivity index (χ1) is 14.6. The summed E-state index contributed by atoms with van der Waals surface area (Å²) < 4.78 is 30.0. The number of halogens is 1. The Morgan fingerprint density at radius 2 is 1.90 bits per heavy atom. The van der Waals surface area contributed by atoms with Crippen LogP contribution in [0.25, 0.3) is 0 Å². The largest absolute Gasteiger partial charge is 0.496 e. The van der Waals surface area contributed by atoms with Crippen molar-refractivity contribution in [3.63, 3.8) is 0 Å². The van der Waals surface area contributed by atoms with Crippen molar-refractivity contribution in [2.45, 2.75) is 24.7 Å². The minimum Gasteiger partial charge on any atom is -0.496 e. The lowest BCUT2D eigenvalue weighted by Gasteiger charge is -2.11. The van der Waals surface area contributed by atoms with E-state index in [1.165, 1.54) is 12.1 Å². The number of carbonyl (C=O) groups is 1. The first-order valence-corrected chi connectivity index (χ1v) is 10.3. The van der Waals surface area contributed by atoms with Gasteiger partial charge in [-0.25, -0.2) is 4.39 Å². The minimum atomic E-state index is -0.626. The summed E-state index contributed by atoms with van der Waals surface area (Å²) in [5, 5.41) is 10.9. The quantitative estimate of drug-likeness (QED) is 0.489. The monoisotopic (exact) mass is 431 g/mol. The van der Waals surface area contributed by atoms with Gasteiger partial charge in [0, 0.05) is 6.54 Å². The number of nitrogens with one attached hydrogen (secondary N) is 1. The molecule has 1 amide bonds. The fourth-order valence-electron chi connectivity index (χ4n) is 2.65. The Bertz CT molecular complexity index is 982. The van der Waals surface area contributed by atoms with Crippen LogP contribution >= 0.6 is 11.8 Å². The highest BCUT2D eigenvalue weighted by Gasteiger charge is 2.18. The summed E-state index contributed by atoms with van der Waals surface area (Å²) in [5.41, 5.74) is 1.03. The van der Waals surface area contributed by atoms with Crippen molar-refractivity contribution in [3.8, 4) is 11.5 Å². The maximum absolute atomic E-state index is 13.7. The SMILES string of the molecule is COc1ccccc1CCNC(=O)CSc1nnc(C(C)Oc2ccccc2F)o1. The van der Waals surface area contributed by atoms with Gasteiger partial charge >= 0.3 is 0 Å². The van der Waals surface area contributed by atoms with Gasteiger partial charge in [0.25, 0.3) is 11.1 Å². The Labute approximate surface area is 178 Å². The van der Waals surface area contributed by atoms with Gasteiger partial charge in [0.05, 0.1) is 12.9 Å². The molecule has 0 saturated heterocycles. The third-order valence-corrected chi connectivity index (χ3v) is 4.96. The lowest BCUT2D eigenvalue weighted by atomic mass is 10.1. The van der Waals surface area contributed by atoms with Crippen molar-refractivity contribution in [3.05, 3.63) is 65.8 Å². The van der Waals surface area contributed by atoms with Crippen LogP contribution in [0, 0.1) is 5.82 Å². The molecule has 0 saturated carbocycles. The maximum atomic E-state index is 13.7. The van der Waals surface area contributed by atoms with E-state index in [1.54, 1.807) is 26.2 Å². The summed E-state index contributed by atoms with van der Waals surface area (Å²) in [7, 11) is 1.62. The van der Waals surface area contributed by atoms with E-state index in [2.05, 4.69) is 15.5 Å². The molecule has 0 spiro atoms. The Morgan fingerprint density at radius 1 is 1.17 bits per heavy atom. The average Bonchev–Trinajstić information content (AvgIpc) is 3.23. The third kappa shape index (κ3) is 5.96. The molecular formula is C21H22FN3O4S. The molecule has 30 heavy (non-hydrogen) atoms. The third-order valence-electron chi connectivity index (χ3n) is 4.15. The van der Waals surface area contributed by atoms with Crippen molar-refractivity contribution < 1.29 is 23.1 Å². The van der Waals surface area contributed by atoms with Gasteiger partial charge in [0.1, 0.15) is 5.75 Å². The zero-order valence-electron chi connectivity index (χ0n) is 16.6. The number of hydrogen-bond acceptors (Lipinski definition) is 7.